The van der Waals surface area contributed by atoms with Crippen LogP contribution in [0.5, 0.6) is 0 Å². The van der Waals surface area contributed by atoms with Crippen LogP contribution in [-0.4, -0.2) is 22.1 Å². The summed E-state index contributed by atoms with van der Waals surface area (Å²) in [6.07, 6.45) is -0.000825. The number of H-pyrrole nitrogens is 1. The van der Waals surface area contributed by atoms with Gasteiger partial charge in [-0.25, -0.2) is 0 Å². The van der Waals surface area contributed by atoms with Crippen LogP contribution in [0, 0.1) is 0 Å². The monoisotopic (exact) mass is 292 g/mol. The molecule has 0 saturated heterocycles. The third-order valence-corrected chi connectivity index (χ3v) is 4.27. The van der Waals surface area contributed by atoms with Crippen molar-refractivity contribution in [1.82, 2.24) is 10.3 Å². The van der Waals surface area contributed by atoms with Gasteiger partial charge in [0.05, 0.1) is 12.1 Å². The van der Waals surface area contributed by atoms with E-state index < -0.39 is 6.10 Å². The van der Waals surface area contributed by atoms with E-state index in [-0.39, 0.29) is 11.9 Å². The maximum atomic E-state index is 12.5. The minimum Gasteiger partial charge on any atom is -0.390 e. The van der Waals surface area contributed by atoms with Gasteiger partial charge in [0, 0.05) is 17.3 Å². The Bertz CT molecular complexity index is 820. The fourth-order valence-electron chi connectivity index (χ4n) is 3.16. The highest BCUT2D eigenvalue weighted by atomic mass is 16.3. The summed E-state index contributed by atoms with van der Waals surface area (Å²) in [5.74, 6) is -0.197. The molecule has 2 atom stereocenters. The van der Waals surface area contributed by atoms with Crippen LogP contribution < -0.4 is 5.32 Å². The topological polar surface area (TPSA) is 65.1 Å². The summed E-state index contributed by atoms with van der Waals surface area (Å²) in [5, 5.41) is 14.2. The van der Waals surface area contributed by atoms with Gasteiger partial charge in [-0.3, -0.25) is 4.79 Å². The standard InChI is InChI=1S/C18H16N2O2/c21-16-10-11-5-1-3-7-13(11)17(16)20-18(22)15-9-12-6-2-4-8-14(12)19-15/h1-9,16-17,19,21H,10H2,(H,20,22). The molecule has 110 valence electrons. The fraction of sp³-hybridized carbons (Fsp3) is 0.167. The Balaban J connectivity index is 1.62. The Labute approximate surface area is 127 Å². The zero-order valence-corrected chi connectivity index (χ0v) is 11.9. The summed E-state index contributed by atoms with van der Waals surface area (Å²) in [6.45, 7) is 0. The summed E-state index contributed by atoms with van der Waals surface area (Å²) in [4.78, 5) is 15.6. The second-order valence-electron chi connectivity index (χ2n) is 5.69. The number of carbonyl (C=O) groups excluding carboxylic acids is 1. The summed E-state index contributed by atoms with van der Waals surface area (Å²) in [5.41, 5.74) is 3.54. The molecule has 1 aromatic heterocycles. The van der Waals surface area contributed by atoms with Crippen LogP contribution in [0.2, 0.25) is 0 Å². The van der Waals surface area contributed by atoms with E-state index in [9.17, 15) is 9.90 Å². The van der Waals surface area contributed by atoms with E-state index in [1.54, 1.807) is 0 Å². The van der Waals surface area contributed by atoms with Gasteiger partial charge in [0.1, 0.15) is 5.69 Å². The number of amides is 1. The molecule has 4 rings (SSSR count). The smallest absolute Gasteiger partial charge is 0.268 e. The van der Waals surface area contributed by atoms with Crippen LogP contribution in [0.25, 0.3) is 10.9 Å². The van der Waals surface area contributed by atoms with Crippen LogP contribution in [0.1, 0.15) is 27.7 Å². The van der Waals surface area contributed by atoms with Gasteiger partial charge < -0.3 is 15.4 Å². The number of aliphatic hydroxyl groups is 1. The first kappa shape index (κ1) is 13.1. The molecule has 0 spiro atoms. The number of hydrogen-bond acceptors (Lipinski definition) is 2. The van der Waals surface area contributed by atoms with Gasteiger partial charge in [0.15, 0.2) is 0 Å². The van der Waals surface area contributed by atoms with Crippen LogP contribution in [0.15, 0.2) is 54.6 Å². The molecule has 0 aliphatic heterocycles. The first-order valence-electron chi connectivity index (χ1n) is 7.37. The van der Waals surface area contributed by atoms with Gasteiger partial charge in [-0.1, -0.05) is 42.5 Å². The van der Waals surface area contributed by atoms with E-state index in [1.807, 2.05) is 54.6 Å². The lowest BCUT2D eigenvalue weighted by Gasteiger charge is -2.17. The third kappa shape index (κ3) is 2.09. The van der Waals surface area contributed by atoms with Gasteiger partial charge >= 0.3 is 0 Å². The highest BCUT2D eigenvalue weighted by Gasteiger charge is 2.32. The van der Waals surface area contributed by atoms with Crippen molar-refractivity contribution in [1.29, 1.82) is 0 Å². The molecule has 0 saturated carbocycles. The molecule has 22 heavy (non-hydrogen) atoms. The number of carbonyl (C=O) groups is 1. The molecule has 2 unspecified atom stereocenters. The minimum absolute atomic E-state index is 0.197. The number of aliphatic hydroxyl groups excluding tert-OH is 1. The average Bonchev–Trinajstić information content (AvgIpc) is 3.09. The van der Waals surface area contributed by atoms with E-state index in [0.29, 0.717) is 12.1 Å². The minimum atomic E-state index is -0.578. The van der Waals surface area contributed by atoms with Gasteiger partial charge in [0.25, 0.3) is 5.91 Å². The molecule has 4 heteroatoms. The van der Waals surface area contributed by atoms with E-state index in [2.05, 4.69) is 10.3 Å². The maximum Gasteiger partial charge on any atom is 0.268 e. The number of hydrogen-bond donors (Lipinski definition) is 3. The molecule has 0 radical (unpaired) electrons. The molecular weight excluding hydrogens is 276 g/mol. The van der Waals surface area contributed by atoms with Crippen molar-refractivity contribution in [2.24, 2.45) is 0 Å². The summed E-state index contributed by atoms with van der Waals surface area (Å²) >= 11 is 0. The molecule has 4 nitrogen and oxygen atoms in total. The van der Waals surface area contributed by atoms with E-state index in [1.165, 1.54) is 0 Å². The third-order valence-electron chi connectivity index (χ3n) is 4.27. The number of aromatic nitrogens is 1. The molecule has 1 aliphatic rings. The molecule has 1 aliphatic carbocycles. The van der Waals surface area contributed by atoms with Crippen molar-refractivity contribution in [2.45, 2.75) is 18.6 Å². The van der Waals surface area contributed by atoms with Gasteiger partial charge in [-0.2, -0.15) is 0 Å². The number of para-hydroxylation sites is 1. The molecule has 1 heterocycles. The molecule has 3 N–H and O–H groups in total. The predicted octanol–water partition coefficient (Wildman–Crippen LogP) is 2.56. The number of nitrogens with one attached hydrogen (secondary N) is 2. The molecule has 2 aromatic carbocycles. The SMILES string of the molecule is O=C(NC1c2ccccc2CC1O)c1cc2ccccc2[nH]1. The zero-order chi connectivity index (χ0) is 15.1. The summed E-state index contributed by atoms with van der Waals surface area (Å²) in [7, 11) is 0. The Hall–Kier alpha value is -2.59. The van der Waals surface area contributed by atoms with Crippen molar-refractivity contribution in [2.75, 3.05) is 0 Å². The summed E-state index contributed by atoms with van der Waals surface area (Å²) < 4.78 is 0. The Kier molecular flexibility index (Phi) is 2.98. The van der Waals surface area contributed by atoms with Crippen molar-refractivity contribution in [3.8, 4) is 0 Å². The molecule has 0 bridgehead atoms. The maximum absolute atomic E-state index is 12.5. The van der Waals surface area contributed by atoms with Crippen molar-refractivity contribution < 1.29 is 9.90 Å². The van der Waals surface area contributed by atoms with Crippen molar-refractivity contribution >= 4 is 16.8 Å². The van der Waals surface area contributed by atoms with Crippen molar-refractivity contribution in [3.05, 3.63) is 71.4 Å². The number of benzene rings is 2. The van der Waals surface area contributed by atoms with Crippen LogP contribution in [-0.2, 0) is 6.42 Å². The van der Waals surface area contributed by atoms with Crippen LogP contribution in [0.4, 0.5) is 0 Å². The first-order chi connectivity index (χ1) is 10.7. The molecular formula is C18H16N2O2. The van der Waals surface area contributed by atoms with E-state index in [0.717, 1.165) is 22.0 Å². The van der Waals surface area contributed by atoms with Crippen LogP contribution >= 0.6 is 0 Å². The number of aromatic amines is 1. The Morgan fingerprint density at radius 2 is 1.91 bits per heavy atom. The lowest BCUT2D eigenvalue weighted by molar-refractivity contribution is 0.0854. The summed E-state index contributed by atoms with van der Waals surface area (Å²) in [6, 6.07) is 17.1. The normalized spacial score (nSPS) is 20.0. The second-order valence-corrected chi connectivity index (χ2v) is 5.69. The highest BCUT2D eigenvalue weighted by molar-refractivity contribution is 5.98. The number of fused-ring (bicyclic) bond motifs is 2. The Morgan fingerprint density at radius 3 is 2.77 bits per heavy atom. The predicted molar refractivity (Wildman–Crippen MR) is 84.7 cm³/mol. The quantitative estimate of drug-likeness (QED) is 0.679. The molecule has 1 amide bonds. The second kappa shape index (κ2) is 5.00. The molecule has 3 aromatic rings. The number of rotatable bonds is 2. The lowest BCUT2D eigenvalue weighted by atomic mass is 10.1. The average molecular weight is 292 g/mol. The zero-order valence-electron chi connectivity index (χ0n) is 11.9. The van der Waals surface area contributed by atoms with Gasteiger partial charge in [0.2, 0.25) is 0 Å². The fourth-order valence-corrected chi connectivity index (χ4v) is 3.16. The lowest BCUT2D eigenvalue weighted by Crippen LogP contribution is -2.34. The van der Waals surface area contributed by atoms with E-state index in [4.69, 9.17) is 0 Å². The first-order valence-corrected chi connectivity index (χ1v) is 7.37. The largest absolute Gasteiger partial charge is 0.390 e. The van der Waals surface area contributed by atoms with Gasteiger partial charge in [-0.05, 0) is 23.3 Å². The van der Waals surface area contributed by atoms with Crippen molar-refractivity contribution in [3.63, 3.8) is 0 Å². The van der Waals surface area contributed by atoms with Gasteiger partial charge in [-0.15, -0.1) is 0 Å². The van der Waals surface area contributed by atoms with E-state index >= 15 is 0 Å². The molecule has 0 fully saturated rings. The van der Waals surface area contributed by atoms with Crippen LogP contribution in [0.3, 0.4) is 0 Å². The highest BCUT2D eigenvalue weighted by Crippen LogP contribution is 2.31. The Morgan fingerprint density at radius 1 is 1.14 bits per heavy atom.